The van der Waals surface area contributed by atoms with Crippen LogP contribution in [-0.4, -0.2) is 49.3 Å². The van der Waals surface area contributed by atoms with E-state index in [-0.39, 0.29) is 12.6 Å². The molecule has 1 heterocycles. The van der Waals surface area contributed by atoms with Crippen LogP contribution in [0.15, 0.2) is 0 Å². The van der Waals surface area contributed by atoms with Crippen LogP contribution in [0.2, 0.25) is 0 Å². The topological polar surface area (TPSA) is 35.5 Å². The second-order valence-electron chi connectivity index (χ2n) is 5.19. The number of hydrogen-bond donors (Lipinski definition) is 2. The molecule has 90 valence electrons. The smallest absolute Gasteiger partial charge is 0.0587 e. The van der Waals surface area contributed by atoms with Gasteiger partial charge < -0.3 is 15.3 Å². The first-order chi connectivity index (χ1) is 7.13. The summed E-state index contributed by atoms with van der Waals surface area (Å²) < 4.78 is 0. The fourth-order valence-corrected chi connectivity index (χ4v) is 2.10. The molecule has 0 aromatic carbocycles. The van der Waals surface area contributed by atoms with E-state index in [1.54, 1.807) is 0 Å². The average molecular weight is 214 g/mol. The number of nitrogens with zero attached hydrogens (tertiary/aromatic N) is 1. The number of likely N-dealkylation sites (tertiary alicyclic amines) is 1. The van der Waals surface area contributed by atoms with Crippen LogP contribution in [0.4, 0.5) is 0 Å². The van der Waals surface area contributed by atoms with Gasteiger partial charge in [-0.2, -0.15) is 0 Å². The van der Waals surface area contributed by atoms with E-state index in [1.807, 2.05) is 0 Å². The summed E-state index contributed by atoms with van der Waals surface area (Å²) in [7, 11) is 2.19. The third-order valence-electron chi connectivity index (χ3n) is 3.51. The number of nitrogens with one attached hydrogen (secondary N) is 1. The van der Waals surface area contributed by atoms with E-state index in [1.165, 1.54) is 25.9 Å². The molecule has 1 saturated heterocycles. The van der Waals surface area contributed by atoms with Crippen molar-refractivity contribution in [3.8, 4) is 0 Å². The molecular formula is C12H26N2O. The summed E-state index contributed by atoms with van der Waals surface area (Å²) in [5.41, 5.74) is 0. The predicted octanol–water partition coefficient (Wildman–Crippen LogP) is 0.935. The van der Waals surface area contributed by atoms with E-state index in [9.17, 15) is 5.11 Å². The second kappa shape index (κ2) is 6.46. The minimum Gasteiger partial charge on any atom is -0.395 e. The first kappa shape index (κ1) is 12.9. The summed E-state index contributed by atoms with van der Waals surface area (Å²) in [6, 6.07) is 0.268. The molecule has 0 unspecified atom stereocenters. The van der Waals surface area contributed by atoms with E-state index >= 15 is 0 Å². The Morgan fingerprint density at radius 3 is 2.40 bits per heavy atom. The second-order valence-corrected chi connectivity index (χ2v) is 5.19. The van der Waals surface area contributed by atoms with Crippen molar-refractivity contribution in [1.82, 2.24) is 10.2 Å². The fourth-order valence-electron chi connectivity index (χ4n) is 2.10. The number of piperidine rings is 1. The summed E-state index contributed by atoms with van der Waals surface area (Å²) in [5, 5.41) is 12.7. The average Bonchev–Trinajstić information content (AvgIpc) is 2.21. The standard InChI is InChI=1S/C12H26N2O/c1-10(2)12(9-15)13-8-11-4-6-14(3)7-5-11/h10-13,15H,4-9H2,1-3H3/t12-/m1/s1. The van der Waals surface area contributed by atoms with Gasteiger partial charge in [-0.1, -0.05) is 13.8 Å². The Morgan fingerprint density at radius 2 is 1.93 bits per heavy atom. The maximum absolute atomic E-state index is 9.20. The van der Waals surface area contributed by atoms with Crippen molar-refractivity contribution in [3.05, 3.63) is 0 Å². The molecule has 0 aromatic rings. The minimum absolute atomic E-state index is 0.254. The van der Waals surface area contributed by atoms with Crippen LogP contribution in [0.1, 0.15) is 26.7 Å². The van der Waals surface area contributed by atoms with Gasteiger partial charge in [0.05, 0.1) is 6.61 Å². The lowest BCUT2D eigenvalue weighted by molar-refractivity contribution is 0.181. The summed E-state index contributed by atoms with van der Waals surface area (Å²) >= 11 is 0. The van der Waals surface area contributed by atoms with Gasteiger partial charge in [0.15, 0.2) is 0 Å². The summed E-state index contributed by atoms with van der Waals surface area (Å²) in [4.78, 5) is 2.39. The molecule has 1 aliphatic heterocycles. The molecular weight excluding hydrogens is 188 g/mol. The molecule has 1 fully saturated rings. The molecule has 0 amide bonds. The molecule has 1 aliphatic rings. The van der Waals surface area contributed by atoms with Gasteiger partial charge in [0, 0.05) is 6.04 Å². The quantitative estimate of drug-likeness (QED) is 0.715. The SMILES string of the molecule is CC(C)[C@@H](CO)NCC1CCN(C)CC1. The van der Waals surface area contributed by atoms with Gasteiger partial charge >= 0.3 is 0 Å². The van der Waals surface area contributed by atoms with Gasteiger partial charge in [0.1, 0.15) is 0 Å². The van der Waals surface area contributed by atoms with Crippen molar-refractivity contribution in [2.24, 2.45) is 11.8 Å². The van der Waals surface area contributed by atoms with Crippen molar-refractivity contribution >= 4 is 0 Å². The van der Waals surface area contributed by atoms with E-state index in [4.69, 9.17) is 0 Å². The third kappa shape index (κ3) is 4.49. The zero-order valence-electron chi connectivity index (χ0n) is 10.4. The van der Waals surface area contributed by atoms with Crippen LogP contribution in [0, 0.1) is 11.8 Å². The number of aliphatic hydroxyl groups excluding tert-OH is 1. The summed E-state index contributed by atoms with van der Waals surface area (Å²) in [6.07, 6.45) is 2.58. The molecule has 0 bridgehead atoms. The molecule has 1 rings (SSSR count). The normalized spacial score (nSPS) is 22.2. The molecule has 3 nitrogen and oxygen atoms in total. The van der Waals surface area contributed by atoms with Crippen LogP contribution >= 0.6 is 0 Å². The van der Waals surface area contributed by atoms with Crippen molar-refractivity contribution in [3.63, 3.8) is 0 Å². The number of aliphatic hydroxyl groups is 1. The highest BCUT2D eigenvalue weighted by Crippen LogP contribution is 2.15. The van der Waals surface area contributed by atoms with Gasteiger partial charge in [-0.3, -0.25) is 0 Å². The van der Waals surface area contributed by atoms with E-state index in [0.717, 1.165) is 12.5 Å². The zero-order chi connectivity index (χ0) is 11.3. The van der Waals surface area contributed by atoms with Gasteiger partial charge in [-0.25, -0.2) is 0 Å². The van der Waals surface area contributed by atoms with Crippen molar-refractivity contribution in [2.75, 3.05) is 33.3 Å². The lowest BCUT2D eigenvalue weighted by atomic mass is 9.96. The van der Waals surface area contributed by atoms with E-state index in [2.05, 4.69) is 31.1 Å². The van der Waals surface area contributed by atoms with Crippen LogP contribution in [0.5, 0.6) is 0 Å². The van der Waals surface area contributed by atoms with Crippen LogP contribution in [0.25, 0.3) is 0 Å². The highest BCUT2D eigenvalue weighted by molar-refractivity contribution is 4.75. The lowest BCUT2D eigenvalue weighted by Crippen LogP contribution is -2.42. The van der Waals surface area contributed by atoms with Crippen molar-refractivity contribution in [2.45, 2.75) is 32.7 Å². The van der Waals surface area contributed by atoms with Gasteiger partial charge in [0.25, 0.3) is 0 Å². The Hall–Kier alpha value is -0.120. The molecule has 0 spiro atoms. The fraction of sp³-hybridized carbons (Fsp3) is 1.00. The Morgan fingerprint density at radius 1 is 1.33 bits per heavy atom. The lowest BCUT2D eigenvalue weighted by Gasteiger charge is -2.30. The summed E-state index contributed by atoms with van der Waals surface area (Å²) in [6.45, 7) is 8.07. The Bertz CT molecular complexity index is 165. The largest absolute Gasteiger partial charge is 0.395 e. The molecule has 3 heteroatoms. The van der Waals surface area contributed by atoms with Gasteiger partial charge in [-0.15, -0.1) is 0 Å². The molecule has 0 saturated carbocycles. The van der Waals surface area contributed by atoms with Gasteiger partial charge in [-0.05, 0) is 51.4 Å². The monoisotopic (exact) mass is 214 g/mol. The maximum Gasteiger partial charge on any atom is 0.0587 e. The number of rotatable bonds is 5. The number of hydrogen-bond acceptors (Lipinski definition) is 3. The molecule has 0 radical (unpaired) electrons. The predicted molar refractivity (Wildman–Crippen MR) is 63.9 cm³/mol. The maximum atomic E-state index is 9.20. The first-order valence-corrected chi connectivity index (χ1v) is 6.16. The summed E-state index contributed by atoms with van der Waals surface area (Å²) in [5.74, 6) is 1.32. The zero-order valence-corrected chi connectivity index (χ0v) is 10.4. The van der Waals surface area contributed by atoms with Crippen LogP contribution in [-0.2, 0) is 0 Å². The van der Waals surface area contributed by atoms with Crippen LogP contribution < -0.4 is 5.32 Å². The van der Waals surface area contributed by atoms with Crippen molar-refractivity contribution in [1.29, 1.82) is 0 Å². The highest BCUT2D eigenvalue weighted by atomic mass is 16.3. The Kier molecular flexibility index (Phi) is 5.58. The van der Waals surface area contributed by atoms with Crippen LogP contribution in [0.3, 0.4) is 0 Å². The van der Waals surface area contributed by atoms with E-state index in [0.29, 0.717) is 5.92 Å². The molecule has 0 aliphatic carbocycles. The molecule has 1 atom stereocenters. The Labute approximate surface area is 93.9 Å². The Balaban J connectivity index is 2.18. The van der Waals surface area contributed by atoms with E-state index < -0.39 is 0 Å². The minimum atomic E-state index is 0.254. The highest BCUT2D eigenvalue weighted by Gasteiger charge is 2.18. The van der Waals surface area contributed by atoms with Crippen molar-refractivity contribution < 1.29 is 5.11 Å². The molecule has 2 N–H and O–H groups in total. The first-order valence-electron chi connectivity index (χ1n) is 6.16. The molecule has 0 aromatic heterocycles. The van der Waals surface area contributed by atoms with Gasteiger partial charge in [0.2, 0.25) is 0 Å². The molecule has 15 heavy (non-hydrogen) atoms. The third-order valence-corrected chi connectivity index (χ3v) is 3.51.